The molecule has 0 aromatic carbocycles. The van der Waals surface area contributed by atoms with Gasteiger partial charge in [-0.15, -0.1) is 0 Å². The van der Waals surface area contributed by atoms with E-state index in [-0.39, 0.29) is 23.9 Å². The fourth-order valence-corrected chi connectivity index (χ4v) is 1.28. The predicted octanol–water partition coefficient (Wildman–Crippen LogP) is -0.210. The molecule has 68 valence electrons. The molecule has 1 rings (SSSR count). The van der Waals surface area contributed by atoms with Crippen molar-refractivity contribution in [2.24, 2.45) is 0 Å². The van der Waals surface area contributed by atoms with Crippen LogP contribution in [0.15, 0.2) is 0 Å². The zero-order valence-electron chi connectivity index (χ0n) is 7.39. The monoisotopic (exact) mass is 170 g/mol. The average molecular weight is 170 g/mol. The molecule has 4 nitrogen and oxygen atoms in total. The molecule has 0 radical (unpaired) electrons. The van der Waals surface area contributed by atoms with Crippen molar-refractivity contribution in [1.29, 1.82) is 0 Å². The van der Waals surface area contributed by atoms with E-state index >= 15 is 0 Å². The topological polar surface area (TPSA) is 58.2 Å². The number of amides is 2. The first-order chi connectivity index (χ1) is 5.63. The quantitative estimate of drug-likeness (QED) is 0.572. The summed E-state index contributed by atoms with van der Waals surface area (Å²) in [6.45, 7) is 3.70. The van der Waals surface area contributed by atoms with Crippen LogP contribution in [0.3, 0.4) is 0 Å². The van der Waals surface area contributed by atoms with Gasteiger partial charge in [-0.25, -0.2) is 0 Å². The van der Waals surface area contributed by atoms with Gasteiger partial charge in [-0.05, 0) is 13.3 Å². The van der Waals surface area contributed by atoms with Gasteiger partial charge in [0.25, 0.3) is 0 Å². The van der Waals surface area contributed by atoms with Crippen molar-refractivity contribution < 1.29 is 9.59 Å². The first kappa shape index (κ1) is 9.03. The Morgan fingerprint density at radius 2 is 2.08 bits per heavy atom. The molecule has 1 saturated heterocycles. The van der Waals surface area contributed by atoms with Crippen molar-refractivity contribution in [2.45, 2.75) is 38.8 Å². The Hall–Kier alpha value is -1.06. The highest BCUT2D eigenvalue weighted by atomic mass is 16.2. The molecule has 1 fully saturated rings. The second kappa shape index (κ2) is 3.56. The molecule has 0 aliphatic carbocycles. The van der Waals surface area contributed by atoms with E-state index < -0.39 is 0 Å². The van der Waals surface area contributed by atoms with Gasteiger partial charge in [-0.3, -0.25) is 9.59 Å². The Bertz CT molecular complexity index is 203. The van der Waals surface area contributed by atoms with Gasteiger partial charge < -0.3 is 10.6 Å². The Morgan fingerprint density at radius 1 is 1.42 bits per heavy atom. The third-order valence-electron chi connectivity index (χ3n) is 1.94. The maximum absolute atomic E-state index is 11.3. The minimum Gasteiger partial charge on any atom is -0.351 e. The summed E-state index contributed by atoms with van der Waals surface area (Å²) in [5.41, 5.74) is 0. The summed E-state index contributed by atoms with van der Waals surface area (Å²) < 4.78 is 0. The lowest BCUT2D eigenvalue weighted by atomic mass is 10.2. The molecule has 4 heteroatoms. The molecule has 1 aliphatic heterocycles. The van der Waals surface area contributed by atoms with Crippen LogP contribution in [0.4, 0.5) is 0 Å². The van der Waals surface area contributed by atoms with Gasteiger partial charge in [0.15, 0.2) is 0 Å². The van der Waals surface area contributed by atoms with E-state index in [4.69, 9.17) is 0 Å². The molecule has 0 aromatic heterocycles. The van der Waals surface area contributed by atoms with E-state index in [1.165, 1.54) is 0 Å². The summed E-state index contributed by atoms with van der Waals surface area (Å²) in [5.74, 6) is -0.122. The third kappa shape index (κ3) is 1.96. The van der Waals surface area contributed by atoms with Crippen molar-refractivity contribution >= 4 is 11.8 Å². The van der Waals surface area contributed by atoms with Crippen molar-refractivity contribution in [2.75, 3.05) is 0 Å². The highest BCUT2D eigenvalue weighted by Gasteiger charge is 2.25. The van der Waals surface area contributed by atoms with E-state index in [0.29, 0.717) is 12.8 Å². The van der Waals surface area contributed by atoms with Crippen LogP contribution in [-0.4, -0.2) is 23.9 Å². The molecular weight excluding hydrogens is 156 g/mol. The van der Waals surface area contributed by atoms with Crippen LogP contribution in [0, 0.1) is 0 Å². The summed E-state index contributed by atoms with van der Waals surface area (Å²) in [4.78, 5) is 22.4. The van der Waals surface area contributed by atoms with Crippen LogP contribution in [-0.2, 0) is 9.59 Å². The molecule has 1 heterocycles. The number of carbonyl (C=O) groups excluding carboxylic acids is 2. The summed E-state index contributed by atoms with van der Waals surface area (Å²) in [6.07, 6.45) is 1.02. The molecule has 0 saturated carbocycles. The zero-order chi connectivity index (χ0) is 9.14. The van der Waals surface area contributed by atoms with Crippen LogP contribution in [0.2, 0.25) is 0 Å². The van der Waals surface area contributed by atoms with Gasteiger partial charge in [0.1, 0.15) is 6.04 Å². The predicted molar refractivity (Wildman–Crippen MR) is 44.4 cm³/mol. The van der Waals surface area contributed by atoms with E-state index in [0.717, 1.165) is 0 Å². The van der Waals surface area contributed by atoms with Gasteiger partial charge >= 0.3 is 0 Å². The van der Waals surface area contributed by atoms with Crippen LogP contribution in [0.25, 0.3) is 0 Å². The number of rotatable bonds is 1. The van der Waals surface area contributed by atoms with E-state index in [9.17, 15) is 9.59 Å². The van der Waals surface area contributed by atoms with Crippen molar-refractivity contribution in [3.05, 3.63) is 0 Å². The molecule has 0 bridgehead atoms. The fraction of sp³-hybridized carbons (Fsp3) is 0.750. The standard InChI is InChI=1S/C8H14N2O2/c1-3-6-8(12)9-5(2)4-7(11)10-6/h5-6H,3-4H2,1-2H3,(H,9,12)(H,10,11). The normalized spacial score (nSPS) is 30.5. The van der Waals surface area contributed by atoms with Crippen molar-refractivity contribution in [1.82, 2.24) is 10.6 Å². The SMILES string of the molecule is CCC1NC(=O)CC(C)NC1=O. The molecule has 2 amide bonds. The molecule has 2 atom stereocenters. The molecule has 1 aliphatic rings. The first-order valence-electron chi connectivity index (χ1n) is 4.23. The van der Waals surface area contributed by atoms with Crippen molar-refractivity contribution in [3.63, 3.8) is 0 Å². The Kier molecular flexibility index (Phi) is 2.68. The van der Waals surface area contributed by atoms with E-state index in [1.807, 2.05) is 13.8 Å². The lowest BCUT2D eigenvalue weighted by Gasteiger charge is -2.11. The van der Waals surface area contributed by atoms with Crippen LogP contribution >= 0.6 is 0 Å². The van der Waals surface area contributed by atoms with E-state index in [2.05, 4.69) is 10.6 Å². The van der Waals surface area contributed by atoms with Gasteiger partial charge in [0.05, 0.1) is 0 Å². The second-order valence-corrected chi connectivity index (χ2v) is 3.14. The third-order valence-corrected chi connectivity index (χ3v) is 1.94. The van der Waals surface area contributed by atoms with E-state index in [1.54, 1.807) is 0 Å². The number of hydrogen-bond acceptors (Lipinski definition) is 2. The fourth-order valence-electron chi connectivity index (χ4n) is 1.28. The first-order valence-corrected chi connectivity index (χ1v) is 4.23. The second-order valence-electron chi connectivity index (χ2n) is 3.14. The molecule has 12 heavy (non-hydrogen) atoms. The average Bonchev–Trinajstić information content (AvgIpc) is 2.09. The molecule has 2 N–H and O–H groups in total. The van der Waals surface area contributed by atoms with Gasteiger partial charge in [-0.1, -0.05) is 6.92 Å². The Labute approximate surface area is 71.7 Å². The highest BCUT2D eigenvalue weighted by Crippen LogP contribution is 2.01. The highest BCUT2D eigenvalue weighted by molar-refractivity contribution is 5.90. The Morgan fingerprint density at radius 3 is 2.67 bits per heavy atom. The maximum atomic E-state index is 11.3. The summed E-state index contributed by atoms with van der Waals surface area (Å²) in [5, 5.41) is 5.41. The summed E-state index contributed by atoms with van der Waals surface area (Å²) >= 11 is 0. The molecule has 0 spiro atoms. The lowest BCUT2D eigenvalue weighted by molar-refractivity contribution is -0.126. The maximum Gasteiger partial charge on any atom is 0.242 e. The van der Waals surface area contributed by atoms with Crippen LogP contribution < -0.4 is 10.6 Å². The van der Waals surface area contributed by atoms with Crippen molar-refractivity contribution in [3.8, 4) is 0 Å². The molecule has 0 aromatic rings. The summed E-state index contributed by atoms with van der Waals surface area (Å²) in [6, 6.07) is -0.392. The van der Waals surface area contributed by atoms with Gasteiger partial charge in [0, 0.05) is 12.5 Å². The number of nitrogens with one attached hydrogen (secondary N) is 2. The minimum atomic E-state index is -0.345. The largest absolute Gasteiger partial charge is 0.351 e. The van der Waals surface area contributed by atoms with Gasteiger partial charge in [0.2, 0.25) is 11.8 Å². The smallest absolute Gasteiger partial charge is 0.242 e. The zero-order valence-corrected chi connectivity index (χ0v) is 7.39. The van der Waals surface area contributed by atoms with Gasteiger partial charge in [-0.2, -0.15) is 0 Å². The number of hydrogen-bond donors (Lipinski definition) is 2. The van der Waals surface area contributed by atoms with Crippen LogP contribution in [0.1, 0.15) is 26.7 Å². The number of carbonyl (C=O) groups is 2. The van der Waals surface area contributed by atoms with Crippen LogP contribution in [0.5, 0.6) is 0 Å². The Balaban J connectivity index is 2.67. The summed E-state index contributed by atoms with van der Waals surface area (Å²) in [7, 11) is 0. The molecular formula is C8H14N2O2. The minimum absolute atomic E-state index is 0.0472. The molecule has 2 unspecified atom stereocenters. The lowest BCUT2D eigenvalue weighted by Crippen LogP contribution is -2.43.